The second kappa shape index (κ2) is 11.9. The first-order chi connectivity index (χ1) is 25.6. The van der Waals surface area contributed by atoms with Crippen LogP contribution in [-0.4, -0.2) is 98.5 Å². The van der Waals surface area contributed by atoms with E-state index in [-0.39, 0.29) is 63.6 Å². The van der Waals surface area contributed by atoms with Crippen molar-refractivity contribution in [3.63, 3.8) is 0 Å². The van der Waals surface area contributed by atoms with Crippen LogP contribution in [0.1, 0.15) is 50.5 Å². The Morgan fingerprint density at radius 3 is 2.83 bits per heavy atom. The molecule has 0 saturated carbocycles. The van der Waals surface area contributed by atoms with Crippen molar-refractivity contribution in [3.05, 3.63) is 47.7 Å². The van der Waals surface area contributed by atoms with Crippen LogP contribution < -0.4 is 15.0 Å². The zero-order valence-electron chi connectivity index (χ0n) is 29.5. The number of anilines is 1. The maximum atomic E-state index is 17.8. The third-order valence-corrected chi connectivity index (χ3v) is 12.5. The minimum absolute atomic E-state index is 0.00250. The number of nitrogens with one attached hydrogen (secondary N) is 1. The van der Waals surface area contributed by atoms with Gasteiger partial charge in [0.1, 0.15) is 41.2 Å². The molecule has 0 amide bonds. The maximum Gasteiger partial charge on any atom is 0.319 e. The van der Waals surface area contributed by atoms with E-state index in [1.54, 1.807) is 11.7 Å². The summed E-state index contributed by atoms with van der Waals surface area (Å²) in [7, 11) is 1.75. The summed E-state index contributed by atoms with van der Waals surface area (Å²) in [6.45, 7) is 3.30. The Morgan fingerprint density at radius 2 is 2.00 bits per heavy atom. The van der Waals surface area contributed by atoms with E-state index in [1.807, 2.05) is 6.20 Å². The highest BCUT2D eigenvalue weighted by atomic mass is 19.1. The van der Waals surface area contributed by atoms with Crippen molar-refractivity contribution in [1.29, 1.82) is 0 Å². The number of aromatic nitrogens is 4. The Hall–Kier alpha value is -4.64. The second-order valence-electron chi connectivity index (χ2n) is 15.7. The summed E-state index contributed by atoms with van der Waals surface area (Å²) in [6, 6.07) is 5.78. The van der Waals surface area contributed by atoms with Gasteiger partial charge in [0.25, 0.3) is 0 Å². The molecule has 5 aliphatic rings. The minimum Gasteiger partial charge on any atom is -0.508 e. The largest absolute Gasteiger partial charge is 0.508 e. The molecule has 5 aliphatic heterocycles. The molecule has 10 rings (SSSR count). The van der Waals surface area contributed by atoms with E-state index in [0.29, 0.717) is 53.5 Å². The molecule has 10 nitrogen and oxygen atoms in total. The number of hydrogen-bond donors (Lipinski definition) is 2. The van der Waals surface area contributed by atoms with Gasteiger partial charge in [-0.05, 0) is 74.2 Å². The van der Waals surface area contributed by atoms with Crippen LogP contribution in [0.3, 0.4) is 0 Å². The van der Waals surface area contributed by atoms with Gasteiger partial charge < -0.3 is 24.8 Å². The molecule has 0 aliphatic carbocycles. The molecule has 3 unspecified atom stereocenters. The topological polar surface area (TPSA) is 101 Å². The zero-order valence-corrected chi connectivity index (χ0v) is 29.5. The molecule has 2 N–H and O–H groups in total. The lowest BCUT2D eigenvalue weighted by molar-refractivity contribution is 0.0326. The summed E-state index contributed by atoms with van der Waals surface area (Å²) in [5.74, 6) is 1.46. The molecule has 2 aromatic heterocycles. The van der Waals surface area contributed by atoms with Gasteiger partial charge in [-0.3, -0.25) is 9.58 Å². The average Bonchev–Trinajstić information content (AvgIpc) is 3.97. The Labute approximate surface area is 304 Å². The van der Waals surface area contributed by atoms with E-state index < -0.39 is 23.3 Å². The van der Waals surface area contributed by atoms with Gasteiger partial charge in [0.2, 0.25) is 0 Å². The first-order valence-electron chi connectivity index (χ1n) is 18.6. The van der Waals surface area contributed by atoms with Crippen molar-refractivity contribution >= 4 is 38.4 Å². The third kappa shape index (κ3) is 5.02. The molecule has 3 aromatic carbocycles. The quantitative estimate of drug-likeness (QED) is 0.213. The molecule has 53 heavy (non-hydrogen) atoms. The molecule has 274 valence electrons. The second-order valence-corrected chi connectivity index (χ2v) is 15.7. The molecule has 5 atom stereocenters. The van der Waals surface area contributed by atoms with E-state index in [1.165, 1.54) is 24.3 Å². The fourth-order valence-corrected chi connectivity index (χ4v) is 10.3. The number of alkyl halides is 1. The number of terminal acetylenes is 1. The molecular formula is C40H40F3N7O3. The minimum atomic E-state index is -0.939. The number of phenols is 1. The van der Waals surface area contributed by atoms with E-state index in [9.17, 15) is 9.50 Å². The molecule has 5 aromatic rings. The fourth-order valence-electron chi connectivity index (χ4n) is 10.3. The lowest BCUT2D eigenvalue weighted by atomic mass is 9.88. The highest BCUT2D eigenvalue weighted by Gasteiger charge is 2.52. The van der Waals surface area contributed by atoms with Gasteiger partial charge in [0, 0.05) is 68.3 Å². The monoisotopic (exact) mass is 723 g/mol. The van der Waals surface area contributed by atoms with Crippen molar-refractivity contribution in [2.45, 2.75) is 74.3 Å². The van der Waals surface area contributed by atoms with Crippen LogP contribution in [-0.2, 0) is 11.8 Å². The predicted octanol–water partition coefficient (Wildman–Crippen LogP) is 5.75. The summed E-state index contributed by atoms with van der Waals surface area (Å²) in [5, 5.41) is 21.3. The van der Waals surface area contributed by atoms with E-state index in [4.69, 9.17) is 31.0 Å². The number of phenolic OH excluding ortho intramolecular Hbond substituents is 1. The molecule has 0 spiro atoms. The summed E-state index contributed by atoms with van der Waals surface area (Å²) >= 11 is 0. The number of ether oxygens (including phenoxy) is 2. The van der Waals surface area contributed by atoms with Gasteiger partial charge in [0.15, 0.2) is 5.82 Å². The van der Waals surface area contributed by atoms with Crippen LogP contribution in [0.25, 0.3) is 43.7 Å². The smallest absolute Gasteiger partial charge is 0.319 e. The number of rotatable bonds is 6. The molecule has 2 bridgehead atoms. The number of nitrogens with zero attached hydrogens (tertiary/aromatic N) is 6. The highest BCUT2D eigenvalue weighted by Crippen LogP contribution is 2.47. The average molecular weight is 724 g/mol. The lowest BCUT2D eigenvalue weighted by Gasteiger charge is -2.45. The van der Waals surface area contributed by atoms with E-state index in [0.717, 1.165) is 51.7 Å². The molecule has 5 fully saturated rings. The molecule has 5 saturated heterocycles. The van der Waals surface area contributed by atoms with Crippen molar-refractivity contribution in [2.24, 2.45) is 7.05 Å². The van der Waals surface area contributed by atoms with Crippen LogP contribution in [0.4, 0.5) is 19.0 Å². The number of benzene rings is 3. The number of aryl methyl sites for hydroxylation is 1. The van der Waals surface area contributed by atoms with Crippen molar-refractivity contribution in [3.8, 4) is 35.2 Å². The molecular weight excluding hydrogens is 683 g/mol. The van der Waals surface area contributed by atoms with Crippen LogP contribution in [0.15, 0.2) is 30.5 Å². The Bertz CT molecular complexity index is 2370. The number of fused-ring (bicyclic) bond motifs is 7. The van der Waals surface area contributed by atoms with Gasteiger partial charge in [-0.2, -0.15) is 15.1 Å². The Morgan fingerprint density at radius 1 is 1.11 bits per heavy atom. The highest BCUT2D eigenvalue weighted by molar-refractivity contribution is 6.18. The lowest BCUT2D eigenvalue weighted by Crippen LogP contribution is -2.65. The fraction of sp³-hybridized carbons (Fsp3) is 0.475. The molecule has 7 heterocycles. The SMILES string of the molecule is C#Cc1c(F)ccc2cc(O)cc(-c3c(F)c4nc(OCC56CCCN5C[C@H](F)C6)nc(N5CC6CCC([C@@H]7CCCO7)(C5)N6)c4c4cn(C)nc34)c12. The summed E-state index contributed by atoms with van der Waals surface area (Å²) in [6.07, 6.45) is 12.8. The standard InChI is InChI=1S/C40H40F3N7O3/c1-3-26-29(42)8-7-22-14-25(51)15-27(31(22)26)32-34(43)36-33(28-19-48(2)47-35(28)32)37(49-18-24-9-11-40(20-49,46-24)30-6-4-13-52-30)45-38(44-36)53-21-39-10-5-12-50(39)17-23(41)16-39/h1,7-8,14-15,19,23-24,30,46,51H,4-6,9-13,16-18,20-21H2,2H3/t23-,24?,30+,39?,40?/m1/s1. The predicted molar refractivity (Wildman–Crippen MR) is 195 cm³/mol. The van der Waals surface area contributed by atoms with Gasteiger partial charge in [0.05, 0.1) is 28.1 Å². The first-order valence-corrected chi connectivity index (χ1v) is 18.6. The number of aromatic hydroxyl groups is 1. The van der Waals surface area contributed by atoms with Crippen LogP contribution in [0.2, 0.25) is 0 Å². The van der Waals surface area contributed by atoms with Gasteiger partial charge in [-0.15, -0.1) is 6.42 Å². The number of piperazine rings is 1. The summed E-state index contributed by atoms with van der Waals surface area (Å²) in [5.41, 5.74) is -0.291. The summed E-state index contributed by atoms with van der Waals surface area (Å²) < 4.78 is 62.1. The van der Waals surface area contributed by atoms with Crippen molar-refractivity contribution in [2.75, 3.05) is 44.3 Å². The van der Waals surface area contributed by atoms with Crippen LogP contribution in [0, 0.1) is 24.0 Å². The molecule has 0 radical (unpaired) electrons. The number of hydrogen-bond acceptors (Lipinski definition) is 9. The number of halogens is 3. The Kier molecular flexibility index (Phi) is 7.42. The third-order valence-electron chi connectivity index (χ3n) is 12.5. The normalized spacial score (nSPS) is 28.4. The zero-order chi connectivity index (χ0) is 36.2. The van der Waals surface area contributed by atoms with Crippen LogP contribution in [0.5, 0.6) is 11.8 Å². The van der Waals surface area contributed by atoms with Gasteiger partial charge in [-0.25, -0.2) is 13.2 Å². The summed E-state index contributed by atoms with van der Waals surface area (Å²) in [4.78, 5) is 14.2. The Balaban J connectivity index is 1.21. The maximum absolute atomic E-state index is 17.8. The first kappa shape index (κ1) is 33.0. The van der Waals surface area contributed by atoms with Gasteiger partial charge >= 0.3 is 6.01 Å². The van der Waals surface area contributed by atoms with E-state index >= 15 is 8.78 Å². The van der Waals surface area contributed by atoms with Crippen molar-refractivity contribution in [1.82, 2.24) is 30.0 Å². The van der Waals surface area contributed by atoms with E-state index in [2.05, 4.69) is 21.0 Å². The van der Waals surface area contributed by atoms with Gasteiger partial charge in [-0.1, -0.05) is 12.0 Å². The van der Waals surface area contributed by atoms with Crippen LogP contribution >= 0.6 is 0 Å². The molecule has 13 heteroatoms. The van der Waals surface area contributed by atoms with Crippen molar-refractivity contribution < 1.29 is 27.8 Å².